The Hall–Kier alpha value is -4.55. The van der Waals surface area contributed by atoms with Crippen LogP contribution in [0.2, 0.25) is 0 Å². The Morgan fingerprint density at radius 2 is 1.70 bits per heavy atom. The number of nitrogens with one attached hydrogen (secondary N) is 2. The fraction of sp³-hybridized carbons (Fsp3) is 0.314. The van der Waals surface area contributed by atoms with Crippen molar-refractivity contribution in [1.82, 2.24) is 4.98 Å². The topological polar surface area (TPSA) is 138 Å². The van der Waals surface area contributed by atoms with Crippen LogP contribution in [0.5, 0.6) is 17.2 Å². The van der Waals surface area contributed by atoms with Gasteiger partial charge in [-0.05, 0) is 85.2 Å². The molecule has 0 spiro atoms. The molecule has 2 aliphatic heterocycles. The number of phenolic OH excluding ortho intramolecular Hbond substituents is 1. The number of phenols is 1. The Kier molecular flexibility index (Phi) is 7.36. The van der Waals surface area contributed by atoms with Gasteiger partial charge in [-0.2, -0.15) is 0 Å². The Morgan fingerprint density at radius 1 is 0.957 bits per heavy atom. The van der Waals surface area contributed by atoms with Crippen molar-refractivity contribution in [1.29, 1.82) is 0 Å². The second-order valence-corrected chi connectivity index (χ2v) is 14.5. The number of anilines is 2. The predicted octanol–water partition coefficient (Wildman–Crippen LogP) is 5.24. The number of para-hydroxylation sites is 1. The van der Waals surface area contributed by atoms with E-state index >= 15 is 0 Å². The number of thiazole rings is 1. The van der Waals surface area contributed by atoms with E-state index in [1.54, 1.807) is 30.0 Å². The van der Waals surface area contributed by atoms with Gasteiger partial charge in [0.05, 0.1) is 29.2 Å². The van der Waals surface area contributed by atoms with Crippen molar-refractivity contribution in [2.24, 2.45) is 29.6 Å². The second kappa shape index (κ2) is 11.6. The largest absolute Gasteiger partial charge is 0.508 e. The lowest BCUT2D eigenvalue weighted by atomic mass is 9.68. The molecule has 8 rings (SSSR count). The number of amides is 3. The van der Waals surface area contributed by atoms with Crippen LogP contribution in [0.25, 0.3) is 0 Å². The molecule has 4 aromatic rings. The molecule has 4 aliphatic rings. The number of carbonyl (C=O) groups excluding carboxylic acids is 3. The molecule has 3 heterocycles. The molecular weight excluding hydrogens is 639 g/mol. The molecule has 3 N–H and O–H groups in total. The highest BCUT2D eigenvalue weighted by molar-refractivity contribution is 8.00. The summed E-state index contributed by atoms with van der Waals surface area (Å²) < 4.78 is 11.9. The summed E-state index contributed by atoms with van der Waals surface area (Å²) >= 11 is 2.85. The minimum Gasteiger partial charge on any atom is -0.508 e. The first-order valence-electron chi connectivity index (χ1n) is 15.6. The standard InChI is InChI=1S/C35H31N3O7S2/c1-2-44-24-14-17(8-13-23(24)45-16-25(40)36-18-9-11-20(39)12-10-18)26-27-21-15-22(30(27)46-32-31(26)47-35(43)37-32)29-28(21)33(41)38(34(29)42)19-6-4-3-5-7-19/h3-14,21-22,26-30,39H,2,15-16H2,1H3,(H,36,40)(H,37,43)/t21?,22?,26-,27?,28?,29?,30?/m1/s1. The summed E-state index contributed by atoms with van der Waals surface area (Å²) in [6.45, 7) is 1.99. The van der Waals surface area contributed by atoms with Crippen molar-refractivity contribution in [3.8, 4) is 17.2 Å². The van der Waals surface area contributed by atoms with E-state index in [0.717, 1.165) is 21.9 Å². The Bertz CT molecular complexity index is 1940. The van der Waals surface area contributed by atoms with Crippen molar-refractivity contribution in [3.05, 3.63) is 92.9 Å². The smallest absolute Gasteiger partial charge is 0.305 e. The van der Waals surface area contributed by atoms with Gasteiger partial charge >= 0.3 is 4.87 Å². The van der Waals surface area contributed by atoms with E-state index in [9.17, 15) is 24.3 Å². The molecule has 0 radical (unpaired) electrons. The number of aromatic amines is 1. The summed E-state index contributed by atoms with van der Waals surface area (Å²) in [5, 5.41) is 13.1. The van der Waals surface area contributed by atoms with Gasteiger partial charge in [0.15, 0.2) is 18.1 Å². The van der Waals surface area contributed by atoms with Gasteiger partial charge in [0.25, 0.3) is 5.91 Å². The lowest BCUT2D eigenvalue weighted by molar-refractivity contribution is -0.123. The van der Waals surface area contributed by atoms with Crippen LogP contribution < -0.4 is 24.6 Å². The second-order valence-electron chi connectivity index (χ2n) is 12.3. The lowest BCUT2D eigenvalue weighted by Crippen LogP contribution is -2.42. The molecule has 47 heavy (non-hydrogen) atoms. The van der Waals surface area contributed by atoms with E-state index in [1.165, 1.54) is 28.4 Å². The fourth-order valence-electron chi connectivity index (χ4n) is 8.21. The van der Waals surface area contributed by atoms with Crippen molar-refractivity contribution >= 4 is 52.2 Å². The van der Waals surface area contributed by atoms with Gasteiger partial charge in [-0.3, -0.25) is 24.1 Å². The number of rotatable bonds is 8. The zero-order chi connectivity index (χ0) is 32.4. The summed E-state index contributed by atoms with van der Waals surface area (Å²) in [6, 6.07) is 21.0. The summed E-state index contributed by atoms with van der Waals surface area (Å²) in [5.74, 6) is -0.528. The molecule has 3 aromatic carbocycles. The molecule has 7 atom stereocenters. The normalized spacial score (nSPS) is 26.9. The van der Waals surface area contributed by atoms with Crippen LogP contribution in [0.1, 0.15) is 29.7 Å². The van der Waals surface area contributed by atoms with Gasteiger partial charge in [-0.15, -0.1) is 11.8 Å². The highest BCUT2D eigenvalue weighted by atomic mass is 32.2. The third kappa shape index (κ3) is 4.92. The van der Waals surface area contributed by atoms with Crippen molar-refractivity contribution in [2.45, 2.75) is 29.5 Å². The third-order valence-electron chi connectivity index (χ3n) is 9.87. The van der Waals surface area contributed by atoms with Crippen LogP contribution in [-0.2, 0) is 14.4 Å². The quantitative estimate of drug-likeness (QED) is 0.171. The van der Waals surface area contributed by atoms with Gasteiger partial charge in [-0.25, -0.2) is 0 Å². The van der Waals surface area contributed by atoms with E-state index in [4.69, 9.17) is 9.47 Å². The number of hydrogen-bond acceptors (Lipinski definition) is 9. The maximum Gasteiger partial charge on any atom is 0.305 e. The van der Waals surface area contributed by atoms with Gasteiger partial charge < -0.3 is 24.9 Å². The molecule has 12 heteroatoms. The molecule has 2 bridgehead atoms. The van der Waals surface area contributed by atoms with E-state index in [-0.39, 0.29) is 69.8 Å². The van der Waals surface area contributed by atoms with Crippen LogP contribution in [0, 0.1) is 29.6 Å². The number of nitrogens with zero attached hydrogens (tertiary/aromatic N) is 1. The first-order chi connectivity index (χ1) is 22.8. The lowest BCUT2D eigenvalue weighted by Gasteiger charge is -2.43. The molecular formula is C35H31N3O7S2. The van der Waals surface area contributed by atoms with Gasteiger partial charge in [-0.1, -0.05) is 35.6 Å². The fourth-order valence-corrected chi connectivity index (χ4v) is 11.1. The summed E-state index contributed by atoms with van der Waals surface area (Å²) in [5.41, 5.74) is 2.08. The first kappa shape index (κ1) is 29.8. The molecule has 240 valence electrons. The van der Waals surface area contributed by atoms with Crippen LogP contribution in [0.15, 0.2) is 82.6 Å². The Labute approximate surface area is 278 Å². The maximum absolute atomic E-state index is 14.0. The number of aromatic nitrogens is 1. The molecule has 10 nitrogen and oxygen atoms in total. The van der Waals surface area contributed by atoms with Gasteiger partial charge in [0.1, 0.15) is 5.75 Å². The SMILES string of the molecule is CCOc1cc([C@H]2c3sc(=O)[nH]c3SC3C4CC(C5C(=O)N(c6ccccc6)C(=O)C45)C32)ccc1OCC(=O)Nc1ccc(O)cc1. The van der Waals surface area contributed by atoms with Crippen LogP contribution in [-0.4, -0.2) is 46.3 Å². The molecule has 6 unspecified atom stereocenters. The first-order valence-corrected chi connectivity index (χ1v) is 17.3. The average Bonchev–Trinajstić information content (AvgIpc) is 3.80. The summed E-state index contributed by atoms with van der Waals surface area (Å²) in [7, 11) is 0. The predicted molar refractivity (Wildman–Crippen MR) is 177 cm³/mol. The zero-order valence-electron chi connectivity index (χ0n) is 25.3. The minimum absolute atomic E-state index is 0.0157. The van der Waals surface area contributed by atoms with E-state index < -0.39 is 5.92 Å². The Morgan fingerprint density at radius 3 is 2.45 bits per heavy atom. The minimum atomic E-state index is -0.393. The van der Waals surface area contributed by atoms with Gasteiger partial charge in [0.2, 0.25) is 11.8 Å². The summed E-state index contributed by atoms with van der Waals surface area (Å²) in [6.07, 6.45) is 0.795. The van der Waals surface area contributed by atoms with Gasteiger partial charge in [0, 0.05) is 21.7 Å². The number of imide groups is 1. The maximum atomic E-state index is 14.0. The number of benzene rings is 3. The number of ether oxygens (including phenoxy) is 2. The molecule has 1 aromatic heterocycles. The third-order valence-corrected chi connectivity index (χ3v) is 12.5. The van der Waals surface area contributed by atoms with Crippen molar-refractivity contribution < 1.29 is 29.0 Å². The zero-order valence-corrected chi connectivity index (χ0v) is 26.9. The molecule has 3 fully saturated rings. The van der Waals surface area contributed by atoms with Crippen LogP contribution >= 0.6 is 23.1 Å². The number of thioether (sulfide) groups is 1. The molecule has 3 amide bonds. The van der Waals surface area contributed by atoms with Crippen molar-refractivity contribution in [3.63, 3.8) is 0 Å². The highest BCUT2D eigenvalue weighted by Gasteiger charge is 2.69. The number of H-pyrrole nitrogens is 1. The number of hydrogen-bond donors (Lipinski definition) is 3. The van der Waals surface area contributed by atoms with E-state index in [2.05, 4.69) is 10.3 Å². The number of carbonyl (C=O) groups is 3. The van der Waals surface area contributed by atoms with Crippen LogP contribution in [0.3, 0.4) is 0 Å². The van der Waals surface area contributed by atoms with Crippen molar-refractivity contribution in [2.75, 3.05) is 23.4 Å². The Balaban J connectivity index is 1.10. The molecule has 1 saturated heterocycles. The molecule has 2 aliphatic carbocycles. The number of fused-ring (bicyclic) bond motifs is 9. The number of aromatic hydroxyl groups is 1. The monoisotopic (exact) mass is 669 g/mol. The van der Waals surface area contributed by atoms with E-state index in [0.29, 0.717) is 29.5 Å². The average molecular weight is 670 g/mol. The summed E-state index contributed by atoms with van der Waals surface area (Å²) in [4.78, 5) is 58.3. The van der Waals surface area contributed by atoms with E-state index in [1.807, 2.05) is 49.4 Å². The molecule has 2 saturated carbocycles. The highest BCUT2D eigenvalue weighted by Crippen LogP contribution is 2.68. The van der Waals surface area contributed by atoms with Crippen LogP contribution in [0.4, 0.5) is 11.4 Å².